The van der Waals surface area contributed by atoms with Gasteiger partial charge in [-0.1, -0.05) is 91.0 Å². The number of carbonyl (C=O) groups excluding carboxylic acids is 1. The van der Waals surface area contributed by atoms with E-state index in [9.17, 15) is 13.2 Å². The first-order valence-corrected chi connectivity index (χ1v) is 12.3. The highest BCUT2D eigenvalue weighted by molar-refractivity contribution is 8.13. The summed E-state index contributed by atoms with van der Waals surface area (Å²) in [7, 11) is -3.86. The van der Waals surface area contributed by atoms with Crippen molar-refractivity contribution in [3.8, 4) is 0 Å². The first-order chi connectivity index (χ1) is 14.4. The fourth-order valence-electron chi connectivity index (χ4n) is 3.19. The molecule has 0 spiro atoms. The molecule has 0 amide bonds. The van der Waals surface area contributed by atoms with E-state index in [0.717, 1.165) is 5.56 Å². The first-order valence-electron chi connectivity index (χ1n) is 9.47. The van der Waals surface area contributed by atoms with E-state index in [2.05, 4.69) is 4.72 Å². The maximum Gasteiger partial charge on any atom is 0.241 e. The van der Waals surface area contributed by atoms with E-state index in [0.29, 0.717) is 16.3 Å². The van der Waals surface area contributed by atoms with Crippen LogP contribution in [-0.2, 0) is 14.8 Å². The summed E-state index contributed by atoms with van der Waals surface area (Å²) in [5, 5.41) is 0.438. The van der Waals surface area contributed by atoms with Crippen molar-refractivity contribution in [2.75, 3.05) is 5.75 Å². The Balaban J connectivity index is 2.11. The van der Waals surface area contributed by atoms with Gasteiger partial charge < -0.3 is 0 Å². The number of carbonyl (C=O) groups is 1. The van der Waals surface area contributed by atoms with Crippen LogP contribution in [0.5, 0.6) is 0 Å². The van der Waals surface area contributed by atoms with Crippen LogP contribution in [0.1, 0.15) is 30.0 Å². The van der Waals surface area contributed by atoms with Crippen LogP contribution in [0, 0.1) is 0 Å². The van der Waals surface area contributed by atoms with Crippen molar-refractivity contribution in [3.63, 3.8) is 0 Å². The van der Waals surface area contributed by atoms with Crippen molar-refractivity contribution in [2.24, 2.45) is 0 Å². The van der Waals surface area contributed by atoms with E-state index >= 15 is 0 Å². The Morgan fingerprint density at radius 3 is 2.03 bits per heavy atom. The average Bonchev–Trinajstić information content (AvgIpc) is 2.75. The fourth-order valence-corrected chi connectivity index (χ4v) is 5.31. The minimum Gasteiger partial charge on any atom is -0.286 e. The summed E-state index contributed by atoms with van der Waals surface area (Å²) in [4.78, 5) is 13.3. The molecule has 0 saturated carbocycles. The molecule has 30 heavy (non-hydrogen) atoms. The SMILES string of the molecule is CCSC(=O)[C@@H](c1ccccc1)[C@H](NS(=O)(=O)c1ccccc1)c1ccc(Cl)cc1. The van der Waals surface area contributed by atoms with Crippen molar-refractivity contribution in [1.82, 2.24) is 4.72 Å². The molecule has 7 heteroatoms. The minimum atomic E-state index is -3.86. The number of thioether (sulfide) groups is 1. The lowest BCUT2D eigenvalue weighted by atomic mass is 9.88. The molecular weight excluding hydrogens is 438 g/mol. The van der Waals surface area contributed by atoms with Crippen molar-refractivity contribution >= 4 is 38.5 Å². The van der Waals surface area contributed by atoms with Gasteiger partial charge in [0.2, 0.25) is 10.0 Å². The van der Waals surface area contributed by atoms with Crippen LogP contribution >= 0.6 is 23.4 Å². The number of hydrogen-bond acceptors (Lipinski definition) is 4. The lowest BCUT2D eigenvalue weighted by Gasteiger charge is -2.27. The zero-order valence-corrected chi connectivity index (χ0v) is 18.8. The summed E-state index contributed by atoms with van der Waals surface area (Å²) in [6.07, 6.45) is 0. The molecule has 3 aromatic carbocycles. The van der Waals surface area contributed by atoms with E-state index in [4.69, 9.17) is 11.6 Å². The van der Waals surface area contributed by atoms with Crippen LogP contribution in [0.15, 0.2) is 89.8 Å². The molecule has 156 valence electrons. The zero-order valence-electron chi connectivity index (χ0n) is 16.4. The molecule has 0 saturated heterocycles. The Hall–Kier alpha value is -2.12. The molecule has 0 aliphatic rings. The maximum absolute atomic E-state index is 13.1. The molecule has 0 radical (unpaired) electrons. The van der Waals surface area contributed by atoms with Gasteiger partial charge in [-0.15, -0.1) is 0 Å². The third kappa shape index (κ3) is 5.52. The Morgan fingerprint density at radius 2 is 1.47 bits per heavy atom. The van der Waals surface area contributed by atoms with Gasteiger partial charge in [-0.3, -0.25) is 4.79 Å². The van der Waals surface area contributed by atoms with E-state index in [1.807, 2.05) is 37.3 Å². The van der Waals surface area contributed by atoms with Crippen molar-refractivity contribution in [2.45, 2.75) is 23.8 Å². The number of nitrogens with one attached hydrogen (secondary N) is 1. The smallest absolute Gasteiger partial charge is 0.241 e. The van der Waals surface area contributed by atoms with Gasteiger partial charge in [0.05, 0.1) is 16.9 Å². The third-order valence-electron chi connectivity index (χ3n) is 4.60. The van der Waals surface area contributed by atoms with Gasteiger partial charge in [-0.05, 0) is 41.1 Å². The number of hydrogen-bond donors (Lipinski definition) is 1. The number of halogens is 1. The predicted octanol–water partition coefficient (Wildman–Crippen LogP) is 5.42. The maximum atomic E-state index is 13.1. The fraction of sp³-hybridized carbons (Fsp3) is 0.174. The lowest BCUT2D eigenvalue weighted by molar-refractivity contribution is -0.112. The third-order valence-corrected chi connectivity index (χ3v) is 7.13. The molecule has 4 nitrogen and oxygen atoms in total. The minimum absolute atomic E-state index is 0.0978. The summed E-state index contributed by atoms with van der Waals surface area (Å²) in [6, 6.07) is 23.5. The summed E-state index contributed by atoms with van der Waals surface area (Å²) in [5.41, 5.74) is 1.41. The Labute approximate surface area is 186 Å². The van der Waals surface area contributed by atoms with Gasteiger partial charge in [-0.25, -0.2) is 13.1 Å². The van der Waals surface area contributed by atoms with Gasteiger partial charge >= 0.3 is 0 Å². The molecular formula is C23H22ClNO3S2. The molecule has 0 unspecified atom stereocenters. The largest absolute Gasteiger partial charge is 0.286 e. The van der Waals surface area contributed by atoms with Crippen LogP contribution in [0.2, 0.25) is 5.02 Å². The number of benzene rings is 3. The van der Waals surface area contributed by atoms with Gasteiger partial charge in [0.25, 0.3) is 0 Å². The molecule has 0 heterocycles. The molecule has 0 fully saturated rings. The molecule has 0 aliphatic carbocycles. The second-order valence-electron chi connectivity index (χ2n) is 6.60. The van der Waals surface area contributed by atoms with Crippen LogP contribution in [0.3, 0.4) is 0 Å². The number of rotatable bonds is 8. The summed E-state index contributed by atoms with van der Waals surface area (Å²) >= 11 is 7.23. The van der Waals surface area contributed by atoms with E-state index < -0.39 is 22.0 Å². The Morgan fingerprint density at radius 1 is 0.900 bits per heavy atom. The molecule has 3 aromatic rings. The highest BCUT2D eigenvalue weighted by Crippen LogP contribution is 2.36. The summed E-state index contributed by atoms with van der Waals surface area (Å²) < 4.78 is 29.1. The van der Waals surface area contributed by atoms with Crippen LogP contribution in [0.4, 0.5) is 0 Å². The standard InChI is InChI=1S/C23H22ClNO3S2/c1-2-29-23(26)21(17-9-5-3-6-10-17)22(18-13-15-19(24)16-14-18)25-30(27,28)20-11-7-4-8-12-20/h3-16,21-22,25H,2H2,1H3/t21-,22+/m0/s1. The van der Waals surface area contributed by atoms with E-state index in [1.165, 1.54) is 23.9 Å². The van der Waals surface area contributed by atoms with Crippen LogP contribution in [-0.4, -0.2) is 19.3 Å². The topological polar surface area (TPSA) is 63.2 Å². The van der Waals surface area contributed by atoms with Gasteiger partial charge in [0.15, 0.2) is 5.12 Å². The number of sulfonamides is 1. The van der Waals surface area contributed by atoms with Crippen LogP contribution in [0.25, 0.3) is 0 Å². The Bertz CT molecular complexity index is 1070. The first kappa shape index (κ1) is 22.6. The highest BCUT2D eigenvalue weighted by atomic mass is 35.5. The summed E-state index contributed by atoms with van der Waals surface area (Å²) in [6.45, 7) is 1.90. The van der Waals surface area contributed by atoms with Gasteiger partial charge in [0.1, 0.15) is 0 Å². The van der Waals surface area contributed by atoms with Crippen LogP contribution < -0.4 is 4.72 Å². The van der Waals surface area contributed by atoms with Gasteiger partial charge in [-0.2, -0.15) is 0 Å². The second kappa shape index (κ2) is 10.3. The van der Waals surface area contributed by atoms with Gasteiger partial charge in [0, 0.05) is 5.02 Å². The van der Waals surface area contributed by atoms with Crippen molar-refractivity contribution in [1.29, 1.82) is 0 Å². The molecule has 1 N–H and O–H groups in total. The van der Waals surface area contributed by atoms with E-state index in [-0.39, 0.29) is 10.0 Å². The lowest BCUT2D eigenvalue weighted by Crippen LogP contribution is -2.35. The quantitative estimate of drug-likeness (QED) is 0.488. The average molecular weight is 460 g/mol. The predicted molar refractivity (Wildman–Crippen MR) is 123 cm³/mol. The Kier molecular flexibility index (Phi) is 7.72. The summed E-state index contributed by atoms with van der Waals surface area (Å²) in [5.74, 6) is -0.100. The second-order valence-corrected chi connectivity index (χ2v) is 10.0. The normalized spacial score (nSPS) is 13.5. The van der Waals surface area contributed by atoms with Crippen molar-refractivity contribution in [3.05, 3.63) is 101 Å². The van der Waals surface area contributed by atoms with Crippen molar-refractivity contribution < 1.29 is 13.2 Å². The monoisotopic (exact) mass is 459 g/mol. The zero-order chi connectivity index (χ0) is 21.6. The molecule has 0 aliphatic heterocycles. The highest BCUT2D eigenvalue weighted by Gasteiger charge is 2.34. The van der Waals surface area contributed by atoms with E-state index in [1.54, 1.807) is 42.5 Å². The molecule has 0 aromatic heterocycles. The molecule has 0 bridgehead atoms. The molecule has 3 rings (SSSR count). The molecule has 2 atom stereocenters.